The molecule has 1 aromatic carbocycles. The van der Waals surface area contributed by atoms with E-state index in [-0.39, 0.29) is 0 Å². The molecule has 0 bridgehead atoms. The van der Waals surface area contributed by atoms with Gasteiger partial charge in [-0.2, -0.15) is 0 Å². The molecule has 1 aliphatic rings. The molecule has 1 N–H and O–H groups in total. The van der Waals surface area contributed by atoms with Crippen LogP contribution in [0.1, 0.15) is 36.2 Å². The maximum absolute atomic E-state index is 3.57. The Morgan fingerprint density at radius 3 is 2.44 bits per heavy atom. The fourth-order valence-corrected chi connectivity index (χ4v) is 2.62. The molecular formula is C17H19N. The Morgan fingerprint density at radius 2 is 1.67 bits per heavy atom. The van der Waals surface area contributed by atoms with Crippen LogP contribution in [0.5, 0.6) is 0 Å². The number of allylic oxidation sites excluding steroid dienone is 3. The first kappa shape index (κ1) is 11.3. The lowest BCUT2D eigenvalue weighted by molar-refractivity contribution is 1.24. The third kappa shape index (κ3) is 1.62. The summed E-state index contributed by atoms with van der Waals surface area (Å²) >= 11 is 0. The van der Waals surface area contributed by atoms with Crippen LogP contribution in [-0.4, -0.2) is 4.98 Å². The van der Waals surface area contributed by atoms with Gasteiger partial charge < -0.3 is 4.98 Å². The van der Waals surface area contributed by atoms with Gasteiger partial charge in [-0.25, -0.2) is 0 Å². The lowest BCUT2D eigenvalue weighted by Gasteiger charge is -2.01. The van der Waals surface area contributed by atoms with Crippen LogP contribution in [0, 0.1) is 13.8 Å². The normalized spacial score (nSPS) is 15.1. The highest BCUT2D eigenvalue weighted by atomic mass is 14.7. The summed E-state index contributed by atoms with van der Waals surface area (Å²) in [6.07, 6.45) is 5.64. The maximum atomic E-state index is 3.57. The number of rotatable bonds is 0. The van der Waals surface area contributed by atoms with E-state index in [9.17, 15) is 0 Å². The quantitative estimate of drug-likeness (QED) is 0.684. The van der Waals surface area contributed by atoms with Crippen LogP contribution in [0.2, 0.25) is 0 Å². The average Bonchev–Trinajstić information content (AvgIpc) is 2.56. The molecule has 0 unspecified atom stereocenters. The number of benzene rings is 1. The second-order valence-corrected chi connectivity index (χ2v) is 5.42. The van der Waals surface area contributed by atoms with E-state index in [1.54, 1.807) is 0 Å². The van der Waals surface area contributed by atoms with E-state index in [4.69, 9.17) is 0 Å². The zero-order valence-corrected chi connectivity index (χ0v) is 11.5. The second kappa shape index (κ2) is 3.88. The zero-order chi connectivity index (χ0) is 12.9. The van der Waals surface area contributed by atoms with Crippen molar-refractivity contribution in [2.45, 2.75) is 34.1 Å². The van der Waals surface area contributed by atoms with Crippen molar-refractivity contribution in [3.05, 3.63) is 51.7 Å². The molecule has 3 rings (SSSR count). The summed E-state index contributed by atoms with van der Waals surface area (Å²) in [5, 5.41) is 1.38. The van der Waals surface area contributed by atoms with Crippen molar-refractivity contribution in [1.29, 1.82) is 0 Å². The number of hydrogen-bond donors (Lipinski definition) is 1. The minimum Gasteiger partial charge on any atom is -0.355 e. The van der Waals surface area contributed by atoms with Crippen molar-refractivity contribution in [2.24, 2.45) is 0 Å². The lowest BCUT2D eigenvalue weighted by Crippen LogP contribution is -1.84. The van der Waals surface area contributed by atoms with E-state index >= 15 is 0 Å². The van der Waals surface area contributed by atoms with Crippen molar-refractivity contribution in [3.8, 4) is 0 Å². The first-order valence-corrected chi connectivity index (χ1v) is 6.53. The Kier molecular flexibility index (Phi) is 2.44. The van der Waals surface area contributed by atoms with Gasteiger partial charge in [-0.15, -0.1) is 0 Å². The molecule has 0 amide bonds. The molecule has 1 aliphatic carbocycles. The summed E-state index contributed by atoms with van der Waals surface area (Å²) in [5.41, 5.74) is 9.44. The predicted molar refractivity (Wildman–Crippen MR) is 78.9 cm³/mol. The van der Waals surface area contributed by atoms with Crippen LogP contribution < -0.4 is 0 Å². The molecule has 2 aromatic rings. The third-order valence-electron chi connectivity index (χ3n) is 4.15. The van der Waals surface area contributed by atoms with E-state index < -0.39 is 0 Å². The van der Waals surface area contributed by atoms with Crippen LogP contribution >= 0.6 is 0 Å². The van der Waals surface area contributed by atoms with E-state index in [0.717, 1.165) is 6.42 Å². The first-order chi connectivity index (χ1) is 8.56. The summed E-state index contributed by atoms with van der Waals surface area (Å²) < 4.78 is 0. The largest absolute Gasteiger partial charge is 0.355 e. The average molecular weight is 237 g/mol. The number of hydrogen-bond acceptors (Lipinski definition) is 0. The molecule has 0 fully saturated rings. The van der Waals surface area contributed by atoms with E-state index in [1.807, 2.05) is 0 Å². The molecule has 0 atom stereocenters. The predicted octanol–water partition coefficient (Wildman–Crippen LogP) is 4.69. The summed E-state index contributed by atoms with van der Waals surface area (Å²) in [7, 11) is 0. The highest BCUT2D eigenvalue weighted by molar-refractivity contribution is 5.89. The van der Waals surface area contributed by atoms with Crippen molar-refractivity contribution < 1.29 is 0 Å². The molecule has 0 spiro atoms. The van der Waals surface area contributed by atoms with Crippen molar-refractivity contribution in [3.63, 3.8) is 0 Å². The smallest absolute Gasteiger partial charge is 0.0464 e. The van der Waals surface area contributed by atoms with Gasteiger partial charge in [0, 0.05) is 16.6 Å². The Hall–Kier alpha value is -1.76. The van der Waals surface area contributed by atoms with Crippen LogP contribution in [0.25, 0.3) is 17.0 Å². The Labute approximate surface area is 108 Å². The maximum Gasteiger partial charge on any atom is 0.0464 e. The van der Waals surface area contributed by atoms with Gasteiger partial charge in [-0.05, 0) is 74.6 Å². The summed E-state index contributed by atoms with van der Waals surface area (Å²) in [4.78, 5) is 3.57. The van der Waals surface area contributed by atoms with Gasteiger partial charge >= 0.3 is 0 Å². The summed E-state index contributed by atoms with van der Waals surface area (Å²) in [6, 6.07) is 4.58. The summed E-state index contributed by atoms with van der Waals surface area (Å²) in [6.45, 7) is 8.73. The van der Waals surface area contributed by atoms with Gasteiger partial charge in [-0.3, -0.25) is 0 Å². The Morgan fingerprint density at radius 1 is 0.944 bits per heavy atom. The van der Waals surface area contributed by atoms with Crippen LogP contribution in [0.15, 0.2) is 29.4 Å². The van der Waals surface area contributed by atoms with Gasteiger partial charge in [0.2, 0.25) is 0 Å². The van der Waals surface area contributed by atoms with Gasteiger partial charge in [0.05, 0.1) is 0 Å². The fourth-order valence-electron chi connectivity index (χ4n) is 2.62. The van der Waals surface area contributed by atoms with Gasteiger partial charge in [0.15, 0.2) is 0 Å². The molecule has 92 valence electrons. The van der Waals surface area contributed by atoms with Crippen LogP contribution in [0.4, 0.5) is 0 Å². The monoisotopic (exact) mass is 237 g/mol. The number of aryl methyl sites for hydroxylation is 2. The highest BCUT2D eigenvalue weighted by Gasteiger charge is 2.13. The number of fused-ring (bicyclic) bond motifs is 3. The molecule has 0 aliphatic heterocycles. The van der Waals surface area contributed by atoms with Crippen molar-refractivity contribution in [1.82, 2.24) is 4.98 Å². The van der Waals surface area contributed by atoms with Crippen molar-refractivity contribution >= 4 is 17.0 Å². The lowest BCUT2D eigenvalue weighted by atomic mass is 10.0. The zero-order valence-electron chi connectivity index (χ0n) is 11.5. The van der Waals surface area contributed by atoms with Crippen LogP contribution in [0.3, 0.4) is 0 Å². The van der Waals surface area contributed by atoms with Crippen LogP contribution in [-0.2, 0) is 6.42 Å². The topological polar surface area (TPSA) is 15.8 Å². The minimum absolute atomic E-state index is 1.03. The number of H-pyrrole nitrogens is 1. The van der Waals surface area contributed by atoms with Crippen molar-refractivity contribution in [2.75, 3.05) is 0 Å². The van der Waals surface area contributed by atoms with Gasteiger partial charge in [-0.1, -0.05) is 11.6 Å². The molecule has 1 heterocycles. The Balaban J connectivity index is 2.31. The van der Waals surface area contributed by atoms with E-state index in [1.165, 1.54) is 44.4 Å². The van der Waals surface area contributed by atoms with E-state index in [2.05, 4.69) is 57.0 Å². The molecule has 0 saturated carbocycles. The standard InChI is InChI=1S/C17H19N/c1-10-5-6-14-15-7-11(2)13(4)9-17(15)18-16(14)8-12(10)3/h5,7-9,18H,6H2,1-4H3. The van der Waals surface area contributed by atoms with Gasteiger partial charge in [0.1, 0.15) is 0 Å². The third-order valence-corrected chi connectivity index (χ3v) is 4.15. The minimum atomic E-state index is 1.03. The Bertz CT molecular complexity index is 696. The molecule has 18 heavy (non-hydrogen) atoms. The molecular weight excluding hydrogens is 218 g/mol. The number of aromatic nitrogens is 1. The highest BCUT2D eigenvalue weighted by Crippen LogP contribution is 2.30. The van der Waals surface area contributed by atoms with Gasteiger partial charge in [0.25, 0.3) is 0 Å². The fraction of sp³-hybridized carbons (Fsp3) is 0.294. The number of nitrogens with one attached hydrogen (secondary N) is 1. The molecule has 1 heteroatoms. The molecule has 1 aromatic heterocycles. The molecule has 0 radical (unpaired) electrons. The number of aromatic amines is 1. The first-order valence-electron chi connectivity index (χ1n) is 6.53. The second-order valence-electron chi connectivity index (χ2n) is 5.42. The van der Waals surface area contributed by atoms with E-state index in [0.29, 0.717) is 0 Å². The molecule has 1 nitrogen and oxygen atoms in total. The SMILES string of the molecule is CC1=CCc2c([nH]c3cc(C)c(C)cc23)C=C1C. The molecule has 0 saturated heterocycles. The summed E-state index contributed by atoms with van der Waals surface area (Å²) in [5.74, 6) is 0.